The zero-order valence-electron chi connectivity index (χ0n) is 11.7. The Hall–Kier alpha value is -0.0300. The number of amides is 1. The second-order valence-electron chi connectivity index (χ2n) is 6.39. The molecule has 1 N–H and O–H groups in total. The summed E-state index contributed by atoms with van der Waals surface area (Å²) in [6, 6.07) is 0.452. The maximum atomic E-state index is 12.0. The molecule has 1 amide bonds. The molecule has 4 atom stereocenters. The van der Waals surface area contributed by atoms with Crippen LogP contribution >= 0.6 is 24.0 Å². The van der Waals surface area contributed by atoms with Gasteiger partial charge in [-0.2, -0.15) is 0 Å². The maximum absolute atomic E-state index is 12.0. The fraction of sp³-hybridized carbons (Fsp3) is 0.929. The van der Waals surface area contributed by atoms with Crippen molar-refractivity contribution in [1.29, 1.82) is 0 Å². The van der Waals surface area contributed by atoms with E-state index in [1.165, 1.54) is 6.42 Å². The van der Waals surface area contributed by atoms with E-state index in [-0.39, 0.29) is 12.4 Å². The summed E-state index contributed by atoms with van der Waals surface area (Å²) in [7, 11) is 0. The molecule has 3 aliphatic rings. The van der Waals surface area contributed by atoms with Crippen molar-refractivity contribution in [1.82, 2.24) is 9.80 Å². The van der Waals surface area contributed by atoms with Gasteiger partial charge in [0.25, 0.3) is 0 Å². The van der Waals surface area contributed by atoms with Gasteiger partial charge < -0.3 is 14.9 Å². The number of halogens is 2. The summed E-state index contributed by atoms with van der Waals surface area (Å²) in [4.78, 5) is 16.5. The number of aliphatic hydroxyl groups is 1. The third-order valence-corrected chi connectivity index (χ3v) is 5.26. The van der Waals surface area contributed by atoms with Gasteiger partial charge in [0.15, 0.2) is 0 Å². The van der Waals surface area contributed by atoms with Crippen LogP contribution in [0.5, 0.6) is 0 Å². The normalized spacial score (nSPS) is 35.2. The minimum atomic E-state index is -0.426. The van der Waals surface area contributed by atoms with E-state index in [2.05, 4.69) is 9.80 Å². The zero-order chi connectivity index (χ0) is 13.4. The lowest BCUT2D eigenvalue weighted by molar-refractivity contribution is -0.145. The average molecular weight is 323 g/mol. The molecule has 4 nitrogen and oxygen atoms in total. The van der Waals surface area contributed by atoms with E-state index in [0.29, 0.717) is 36.2 Å². The van der Waals surface area contributed by atoms with Crippen LogP contribution in [0.2, 0.25) is 0 Å². The molecule has 3 saturated heterocycles. The topological polar surface area (TPSA) is 43.8 Å². The first-order valence-corrected chi connectivity index (χ1v) is 7.96. The van der Waals surface area contributed by atoms with Crippen LogP contribution in [-0.4, -0.2) is 65.0 Å². The summed E-state index contributed by atoms with van der Waals surface area (Å²) in [5, 5.41) is 9.71. The van der Waals surface area contributed by atoms with Gasteiger partial charge in [0, 0.05) is 44.5 Å². The van der Waals surface area contributed by atoms with E-state index in [9.17, 15) is 9.90 Å². The van der Waals surface area contributed by atoms with Crippen LogP contribution in [0.4, 0.5) is 0 Å². The third kappa shape index (κ3) is 3.24. The molecule has 0 spiro atoms. The Bertz CT molecular complexity index is 356. The van der Waals surface area contributed by atoms with Crippen molar-refractivity contribution in [2.24, 2.45) is 11.8 Å². The Morgan fingerprint density at radius 2 is 2.15 bits per heavy atom. The number of fused-ring (bicyclic) bond motifs is 4. The van der Waals surface area contributed by atoms with E-state index < -0.39 is 6.10 Å². The highest BCUT2D eigenvalue weighted by atomic mass is 35.5. The van der Waals surface area contributed by atoms with Crippen molar-refractivity contribution in [3.05, 3.63) is 0 Å². The van der Waals surface area contributed by atoms with Gasteiger partial charge >= 0.3 is 0 Å². The summed E-state index contributed by atoms with van der Waals surface area (Å²) in [6.07, 6.45) is 3.78. The molecule has 0 aromatic heterocycles. The second kappa shape index (κ2) is 6.82. The van der Waals surface area contributed by atoms with Crippen LogP contribution in [0.1, 0.15) is 25.7 Å². The third-order valence-electron chi connectivity index (χ3n) is 4.90. The van der Waals surface area contributed by atoms with E-state index >= 15 is 0 Å². The first-order chi connectivity index (χ1) is 9.17. The van der Waals surface area contributed by atoms with Crippen molar-refractivity contribution in [2.45, 2.75) is 37.8 Å². The largest absolute Gasteiger partial charge is 0.391 e. The number of carbonyl (C=O) groups excluding carboxylic acids is 1. The first kappa shape index (κ1) is 16.3. The van der Waals surface area contributed by atoms with Crippen LogP contribution in [0.3, 0.4) is 0 Å². The lowest BCUT2D eigenvalue weighted by Gasteiger charge is -2.52. The molecule has 3 rings (SSSR count). The molecular weight excluding hydrogens is 299 g/mol. The molecule has 0 aromatic carbocycles. The lowest BCUT2D eigenvalue weighted by Crippen LogP contribution is -2.61. The van der Waals surface area contributed by atoms with Gasteiger partial charge in [-0.05, 0) is 31.1 Å². The predicted molar refractivity (Wildman–Crippen MR) is 81.4 cm³/mol. The molecule has 1 unspecified atom stereocenters. The molecule has 0 aliphatic carbocycles. The van der Waals surface area contributed by atoms with E-state index in [1.54, 1.807) is 0 Å². The summed E-state index contributed by atoms with van der Waals surface area (Å²) >= 11 is 5.69. The van der Waals surface area contributed by atoms with E-state index in [0.717, 1.165) is 38.9 Å². The number of β-amino-alcohol motifs (C(OH)–C–C–N with tert-alkyl or cyclic N) is 1. The van der Waals surface area contributed by atoms with Crippen molar-refractivity contribution >= 4 is 29.9 Å². The van der Waals surface area contributed by atoms with Crippen molar-refractivity contribution < 1.29 is 9.90 Å². The van der Waals surface area contributed by atoms with Crippen LogP contribution in [0.15, 0.2) is 0 Å². The van der Waals surface area contributed by atoms with Crippen LogP contribution in [0, 0.1) is 11.8 Å². The number of carbonyl (C=O) groups is 1. The molecule has 6 heteroatoms. The highest BCUT2D eigenvalue weighted by Crippen LogP contribution is 2.37. The lowest BCUT2D eigenvalue weighted by atomic mass is 9.76. The highest BCUT2D eigenvalue weighted by molar-refractivity contribution is 6.18. The molecule has 3 fully saturated rings. The number of hydrogen-bond acceptors (Lipinski definition) is 3. The summed E-state index contributed by atoms with van der Waals surface area (Å²) < 4.78 is 0. The first-order valence-electron chi connectivity index (χ1n) is 7.43. The standard InChI is InChI=1S/C14H23ClN2O2.ClH/c15-5-12(18)9-16-6-10-4-11(8-16)13-2-1-3-14(19)17(13)7-10;/h10-13,18H,1-9H2;1H/t10-,11-,12?,13-;/m0./s1. The number of hydrogen-bond donors (Lipinski definition) is 1. The number of nitrogens with zero attached hydrogens (tertiary/aromatic N) is 2. The molecule has 116 valence electrons. The quantitative estimate of drug-likeness (QED) is 0.797. The fourth-order valence-electron chi connectivity index (χ4n) is 4.21. The second-order valence-corrected chi connectivity index (χ2v) is 6.70. The molecule has 20 heavy (non-hydrogen) atoms. The summed E-state index contributed by atoms with van der Waals surface area (Å²) in [5.41, 5.74) is 0. The van der Waals surface area contributed by atoms with E-state index in [4.69, 9.17) is 11.6 Å². The highest BCUT2D eigenvalue weighted by Gasteiger charge is 2.43. The zero-order valence-corrected chi connectivity index (χ0v) is 13.3. The number of aliphatic hydroxyl groups excluding tert-OH is 1. The molecule has 3 aliphatic heterocycles. The molecular formula is C14H24Cl2N2O2. The van der Waals surface area contributed by atoms with Gasteiger partial charge in [-0.1, -0.05) is 0 Å². The Balaban J connectivity index is 0.00000147. The fourth-order valence-corrected chi connectivity index (χ4v) is 4.31. The number of likely N-dealkylation sites (tertiary alicyclic amines) is 1. The smallest absolute Gasteiger partial charge is 0.222 e. The minimum absolute atomic E-state index is 0. The Morgan fingerprint density at radius 1 is 1.35 bits per heavy atom. The molecule has 0 radical (unpaired) electrons. The van der Waals surface area contributed by atoms with Crippen LogP contribution in [0.25, 0.3) is 0 Å². The van der Waals surface area contributed by atoms with Crippen LogP contribution in [-0.2, 0) is 4.79 Å². The SMILES string of the molecule is Cl.O=C1CCC[C@H]2[C@H]3C[C@@H](CN(CC(O)CCl)C3)CN12. The Morgan fingerprint density at radius 3 is 2.90 bits per heavy atom. The van der Waals surface area contributed by atoms with Gasteiger partial charge in [0.2, 0.25) is 5.91 Å². The molecule has 0 saturated carbocycles. The Kier molecular flexibility index (Phi) is 5.57. The molecule has 2 bridgehead atoms. The van der Waals surface area contributed by atoms with Gasteiger partial charge in [-0.3, -0.25) is 4.79 Å². The van der Waals surface area contributed by atoms with Gasteiger partial charge in [0.05, 0.1) is 6.10 Å². The Labute approximate surface area is 131 Å². The number of alkyl halides is 1. The molecule has 3 heterocycles. The van der Waals surface area contributed by atoms with Crippen LogP contribution < -0.4 is 0 Å². The van der Waals surface area contributed by atoms with Gasteiger partial charge in [0.1, 0.15) is 0 Å². The van der Waals surface area contributed by atoms with Gasteiger partial charge in [-0.15, -0.1) is 24.0 Å². The predicted octanol–water partition coefficient (Wildman–Crippen LogP) is 1.34. The summed E-state index contributed by atoms with van der Waals surface area (Å²) in [6.45, 7) is 3.62. The minimum Gasteiger partial charge on any atom is -0.391 e. The van der Waals surface area contributed by atoms with Crippen molar-refractivity contribution in [2.75, 3.05) is 32.1 Å². The molecule has 0 aromatic rings. The number of piperidine rings is 3. The van der Waals surface area contributed by atoms with Crippen molar-refractivity contribution in [3.8, 4) is 0 Å². The average Bonchev–Trinajstić information content (AvgIpc) is 2.40. The monoisotopic (exact) mass is 322 g/mol. The van der Waals surface area contributed by atoms with E-state index in [1.807, 2.05) is 0 Å². The van der Waals surface area contributed by atoms with Gasteiger partial charge in [-0.25, -0.2) is 0 Å². The maximum Gasteiger partial charge on any atom is 0.222 e. The summed E-state index contributed by atoms with van der Waals surface area (Å²) in [5.74, 6) is 1.85. The number of rotatable bonds is 3. The van der Waals surface area contributed by atoms with Crippen molar-refractivity contribution in [3.63, 3.8) is 0 Å².